The van der Waals surface area contributed by atoms with Crippen molar-refractivity contribution in [1.82, 2.24) is 0 Å². The zero-order valence-electron chi connectivity index (χ0n) is 15.3. The highest BCUT2D eigenvalue weighted by Crippen LogP contribution is 2.21. The van der Waals surface area contributed by atoms with E-state index in [1.54, 1.807) is 24.3 Å². The summed E-state index contributed by atoms with van der Waals surface area (Å²) in [5.74, 6) is 0.511. The molecule has 0 radical (unpaired) electrons. The number of anilines is 1. The van der Waals surface area contributed by atoms with Crippen molar-refractivity contribution in [3.63, 3.8) is 0 Å². The normalized spacial score (nSPS) is 10.7. The minimum absolute atomic E-state index is 0.0419. The van der Waals surface area contributed by atoms with Crippen LogP contribution in [0.25, 0.3) is 0 Å². The van der Waals surface area contributed by atoms with Gasteiger partial charge in [0, 0.05) is 5.69 Å². The van der Waals surface area contributed by atoms with E-state index in [1.165, 1.54) is 0 Å². The van der Waals surface area contributed by atoms with Crippen molar-refractivity contribution in [1.29, 1.82) is 0 Å². The Morgan fingerprint density at radius 3 is 2.22 bits per heavy atom. The second-order valence-electron chi connectivity index (χ2n) is 6.12. The van der Waals surface area contributed by atoms with Crippen molar-refractivity contribution in [3.05, 3.63) is 83.9 Å². The number of rotatable bonds is 6. The van der Waals surface area contributed by atoms with Crippen molar-refractivity contribution >= 4 is 23.0 Å². The van der Waals surface area contributed by atoms with Crippen molar-refractivity contribution in [2.75, 3.05) is 11.9 Å². The van der Waals surface area contributed by atoms with Crippen LogP contribution < -0.4 is 10.1 Å². The van der Waals surface area contributed by atoms with Gasteiger partial charge in [-0.2, -0.15) is 10.2 Å². The van der Waals surface area contributed by atoms with Crippen LogP contribution in [0.1, 0.15) is 11.1 Å². The fourth-order valence-electron chi connectivity index (χ4n) is 2.44. The van der Waals surface area contributed by atoms with Crippen LogP contribution in [0.5, 0.6) is 5.75 Å². The lowest BCUT2D eigenvalue weighted by molar-refractivity contribution is -0.118. The van der Waals surface area contributed by atoms with E-state index in [1.807, 2.05) is 62.4 Å². The lowest BCUT2D eigenvalue weighted by Gasteiger charge is -2.11. The lowest BCUT2D eigenvalue weighted by atomic mass is 10.1. The molecule has 0 fully saturated rings. The lowest BCUT2D eigenvalue weighted by Crippen LogP contribution is -2.20. The number of nitrogens with zero attached hydrogens (tertiary/aromatic N) is 2. The number of hydrogen-bond acceptors (Lipinski definition) is 4. The third kappa shape index (κ3) is 5.25. The number of ether oxygens (including phenoxy) is 1. The number of nitrogens with one attached hydrogen (secondary N) is 1. The molecule has 0 atom stereocenters. The highest BCUT2D eigenvalue weighted by Gasteiger charge is 2.06. The number of carbonyl (C=O) groups excluding carboxylic acids is 1. The molecule has 1 amide bonds. The van der Waals surface area contributed by atoms with Gasteiger partial charge in [0.25, 0.3) is 5.91 Å². The van der Waals surface area contributed by atoms with Crippen LogP contribution in [-0.2, 0) is 4.79 Å². The Hall–Kier alpha value is -3.47. The average Bonchev–Trinajstić information content (AvgIpc) is 2.69. The van der Waals surface area contributed by atoms with E-state index in [-0.39, 0.29) is 12.5 Å². The Bertz CT molecular complexity index is 936. The van der Waals surface area contributed by atoms with E-state index in [0.717, 1.165) is 22.6 Å². The predicted octanol–water partition coefficient (Wildman–Crippen LogP) is 5.74. The number of hydrogen-bond donors (Lipinski definition) is 1. The maximum Gasteiger partial charge on any atom is 0.262 e. The van der Waals surface area contributed by atoms with E-state index < -0.39 is 0 Å². The van der Waals surface area contributed by atoms with Gasteiger partial charge in [-0.3, -0.25) is 4.79 Å². The molecule has 3 rings (SSSR count). The Balaban J connectivity index is 1.54. The maximum atomic E-state index is 12.1. The molecule has 1 N–H and O–H groups in total. The van der Waals surface area contributed by atoms with Gasteiger partial charge in [-0.15, -0.1) is 0 Å². The fraction of sp³-hybridized carbons (Fsp3) is 0.136. The zero-order chi connectivity index (χ0) is 19.1. The summed E-state index contributed by atoms with van der Waals surface area (Å²) in [6.45, 7) is 3.95. The van der Waals surface area contributed by atoms with Crippen LogP contribution in [0.4, 0.5) is 17.1 Å². The molecule has 0 saturated carbocycles. The smallest absolute Gasteiger partial charge is 0.262 e. The molecule has 0 unspecified atom stereocenters. The molecular weight excluding hydrogens is 338 g/mol. The first-order chi connectivity index (χ1) is 13.1. The maximum absolute atomic E-state index is 12.1. The highest BCUT2D eigenvalue weighted by molar-refractivity contribution is 5.92. The Kier molecular flexibility index (Phi) is 5.94. The summed E-state index contributed by atoms with van der Waals surface area (Å²) in [7, 11) is 0. The van der Waals surface area contributed by atoms with Gasteiger partial charge >= 0.3 is 0 Å². The second-order valence-corrected chi connectivity index (χ2v) is 6.12. The molecule has 0 aliphatic carbocycles. The molecule has 3 aromatic rings. The first-order valence-electron chi connectivity index (χ1n) is 8.67. The van der Waals surface area contributed by atoms with Gasteiger partial charge in [0.2, 0.25) is 0 Å². The van der Waals surface area contributed by atoms with Gasteiger partial charge in [-0.1, -0.05) is 30.3 Å². The Labute approximate surface area is 158 Å². The minimum atomic E-state index is -0.213. The molecule has 5 heteroatoms. The molecular formula is C22H21N3O2. The standard InChI is InChI=1S/C22H21N3O2/c1-16-7-6-10-21(17(16)2)27-15-22(26)23-18-11-13-20(14-12-18)25-24-19-8-4-3-5-9-19/h3-14H,15H2,1-2H3,(H,23,26). The van der Waals surface area contributed by atoms with Gasteiger partial charge in [-0.05, 0) is 67.4 Å². The van der Waals surface area contributed by atoms with Crippen molar-refractivity contribution < 1.29 is 9.53 Å². The summed E-state index contributed by atoms with van der Waals surface area (Å²) in [6.07, 6.45) is 0. The monoisotopic (exact) mass is 359 g/mol. The number of amides is 1. The zero-order valence-corrected chi connectivity index (χ0v) is 15.3. The molecule has 0 aromatic heterocycles. The van der Waals surface area contributed by atoms with Crippen molar-refractivity contribution in [2.45, 2.75) is 13.8 Å². The van der Waals surface area contributed by atoms with Gasteiger partial charge in [0.15, 0.2) is 6.61 Å². The summed E-state index contributed by atoms with van der Waals surface area (Å²) in [4.78, 5) is 12.1. The van der Waals surface area contributed by atoms with Gasteiger partial charge in [0.05, 0.1) is 11.4 Å². The molecule has 0 saturated heterocycles. The van der Waals surface area contributed by atoms with E-state index in [4.69, 9.17) is 4.74 Å². The van der Waals surface area contributed by atoms with Crippen molar-refractivity contribution in [3.8, 4) is 5.75 Å². The Morgan fingerprint density at radius 1 is 0.852 bits per heavy atom. The summed E-state index contributed by atoms with van der Waals surface area (Å²) in [5.41, 5.74) is 4.36. The van der Waals surface area contributed by atoms with Crippen LogP contribution in [0.2, 0.25) is 0 Å². The van der Waals surface area contributed by atoms with E-state index >= 15 is 0 Å². The average molecular weight is 359 g/mol. The van der Waals surface area contributed by atoms with E-state index in [2.05, 4.69) is 15.5 Å². The van der Waals surface area contributed by atoms with E-state index in [0.29, 0.717) is 11.4 Å². The van der Waals surface area contributed by atoms with Gasteiger partial charge in [-0.25, -0.2) is 0 Å². The molecule has 0 aliphatic heterocycles. The van der Waals surface area contributed by atoms with Gasteiger partial charge < -0.3 is 10.1 Å². The SMILES string of the molecule is Cc1cccc(OCC(=O)Nc2ccc(N=Nc3ccccc3)cc2)c1C. The first-order valence-corrected chi connectivity index (χ1v) is 8.67. The highest BCUT2D eigenvalue weighted by atomic mass is 16.5. The topological polar surface area (TPSA) is 63.0 Å². The molecule has 3 aromatic carbocycles. The second kappa shape index (κ2) is 8.76. The quantitative estimate of drug-likeness (QED) is 0.571. The molecule has 0 bridgehead atoms. The van der Waals surface area contributed by atoms with Crippen LogP contribution in [-0.4, -0.2) is 12.5 Å². The summed E-state index contributed by atoms with van der Waals surface area (Å²) in [6, 6.07) is 22.5. The summed E-state index contributed by atoms with van der Waals surface area (Å²) >= 11 is 0. The number of benzene rings is 3. The van der Waals surface area contributed by atoms with Crippen LogP contribution in [0.3, 0.4) is 0 Å². The number of aryl methyl sites for hydroxylation is 1. The summed E-state index contributed by atoms with van der Waals surface area (Å²) in [5, 5.41) is 11.2. The number of azo groups is 1. The molecule has 0 aliphatic rings. The molecule has 0 spiro atoms. The van der Waals surface area contributed by atoms with Crippen LogP contribution in [0.15, 0.2) is 83.0 Å². The number of carbonyl (C=O) groups is 1. The van der Waals surface area contributed by atoms with Crippen molar-refractivity contribution in [2.24, 2.45) is 10.2 Å². The molecule has 0 heterocycles. The first kappa shape index (κ1) is 18.3. The van der Waals surface area contributed by atoms with E-state index in [9.17, 15) is 4.79 Å². The minimum Gasteiger partial charge on any atom is -0.483 e. The summed E-state index contributed by atoms with van der Waals surface area (Å²) < 4.78 is 5.62. The Morgan fingerprint density at radius 2 is 1.52 bits per heavy atom. The van der Waals surface area contributed by atoms with Crippen LogP contribution >= 0.6 is 0 Å². The fourth-order valence-corrected chi connectivity index (χ4v) is 2.44. The third-order valence-corrected chi connectivity index (χ3v) is 4.10. The molecule has 136 valence electrons. The third-order valence-electron chi connectivity index (χ3n) is 4.10. The molecule has 5 nitrogen and oxygen atoms in total. The van der Waals surface area contributed by atoms with Gasteiger partial charge in [0.1, 0.15) is 5.75 Å². The van der Waals surface area contributed by atoms with Crippen LogP contribution in [0, 0.1) is 13.8 Å². The predicted molar refractivity (Wildman–Crippen MR) is 107 cm³/mol. The largest absolute Gasteiger partial charge is 0.483 e. The molecule has 27 heavy (non-hydrogen) atoms.